The SMILES string of the molecule is N#Cc1ccnc(N2CCN(c3nccs3)CC2)c1N. The Kier molecular flexibility index (Phi) is 3.39. The first-order valence-corrected chi connectivity index (χ1v) is 7.21. The second-order valence-corrected chi connectivity index (χ2v) is 5.37. The topological polar surface area (TPSA) is 82.1 Å². The Labute approximate surface area is 121 Å². The molecular weight excluding hydrogens is 272 g/mol. The van der Waals surface area contributed by atoms with Gasteiger partial charge in [-0.25, -0.2) is 9.97 Å². The fraction of sp³-hybridized carbons (Fsp3) is 0.308. The fourth-order valence-electron chi connectivity index (χ4n) is 2.29. The Hall–Kier alpha value is -2.33. The van der Waals surface area contributed by atoms with Gasteiger partial charge in [0.2, 0.25) is 0 Å². The molecule has 6 nitrogen and oxygen atoms in total. The quantitative estimate of drug-likeness (QED) is 0.896. The van der Waals surface area contributed by atoms with Crippen LogP contribution >= 0.6 is 11.3 Å². The van der Waals surface area contributed by atoms with Gasteiger partial charge in [-0.05, 0) is 6.07 Å². The maximum Gasteiger partial charge on any atom is 0.185 e. The molecule has 0 unspecified atom stereocenters. The van der Waals surface area contributed by atoms with E-state index in [1.165, 1.54) is 0 Å². The smallest absolute Gasteiger partial charge is 0.185 e. The summed E-state index contributed by atoms with van der Waals surface area (Å²) < 4.78 is 0. The molecule has 3 rings (SSSR count). The molecule has 7 heteroatoms. The molecule has 0 amide bonds. The predicted molar refractivity (Wildman–Crippen MR) is 79.9 cm³/mol. The van der Waals surface area contributed by atoms with E-state index in [0.29, 0.717) is 17.1 Å². The summed E-state index contributed by atoms with van der Waals surface area (Å²) in [6, 6.07) is 3.74. The van der Waals surface area contributed by atoms with Gasteiger partial charge in [0, 0.05) is 44.0 Å². The molecule has 1 fully saturated rings. The minimum atomic E-state index is 0.470. The lowest BCUT2D eigenvalue weighted by molar-refractivity contribution is 0.647. The number of piperazine rings is 1. The molecule has 1 aliphatic heterocycles. The van der Waals surface area contributed by atoms with Crippen LogP contribution in [0.2, 0.25) is 0 Å². The van der Waals surface area contributed by atoms with E-state index in [9.17, 15) is 0 Å². The van der Waals surface area contributed by atoms with Crippen LogP contribution in [-0.4, -0.2) is 36.1 Å². The van der Waals surface area contributed by atoms with Crippen molar-refractivity contribution in [2.75, 3.05) is 41.7 Å². The molecule has 0 saturated carbocycles. The monoisotopic (exact) mass is 286 g/mol. The van der Waals surface area contributed by atoms with Crippen LogP contribution in [0.3, 0.4) is 0 Å². The predicted octanol–water partition coefficient (Wildman–Crippen LogP) is 1.32. The summed E-state index contributed by atoms with van der Waals surface area (Å²) in [4.78, 5) is 13.0. The van der Waals surface area contributed by atoms with E-state index < -0.39 is 0 Å². The number of aromatic nitrogens is 2. The van der Waals surface area contributed by atoms with Gasteiger partial charge in [0.15, 0.2) is 10.9 Å². The second-order valence-electron chi connectivity index (χ2n) is 4.50. The van der Waals surface area contributed by atoms with E-state index in [1.54, 1.807) is 23.6 Å². The van der Waals surface area contributed by atoms with Crippen molar-refractivity contribution in [2.24, 2.45) is 0 Å². The number of hydrogen-bond donors (Lipinski definition) is 1. The van der Waals surface area contributed by atoms with Crippen LogP contribution in [0.5, 0.6) is 0 Å². The molecule has 2 aromatic heterocycles. The van der Waals surface area contributed by atoms with Gasteiger partial charge in [-0.1, -0.05) is 0 Å². The van der Waals surface area contributed by atoms with Crippen molar-refractivity contribution >= 4 is 28.0 Å². The highest BCUT2D eigenvalue weighted by molar-refractivity contribution is 7.13. The first kappa shape index (κ1) is 12.7. The zero-order valence-corrected chi connectivity index (χ0v) is 11.7. The Morgan fingerprint density at radius 3 is 2.55 bits per heavy atom. The third-order valence-electron chi connectivity index (χ3n) is 3.36. The summed E-state index contributed by atoms with van der Waals surface area (Å²) in [7, 11) is 0. The van der Waals surface area contributed by atoms with Crippen molar-refractivity contribution < 1.29 is 0 Å². The van der Waals surface area contributed by atoms with E-state index in [0.717, 1.165) is 31.3 Å². The van der Waals surface area contributed by atoms with E-state index in [1.807, 2.05) is 11.6 Å². The van der Waals surface area contributed by atoms with Crippen LogP contribution in [0, 0.1) is 11.3 Å². The molecule has 20 heavy (non-hydrogen) atoms. The van der Waals surface area contributed by atoms with Gasteiger partial charge < -0.3 is 15.5 Å². The molecule has 0 aliphatic carbocycles. The lowest BCUT2D eigenvalue weighted by Crippen LogP contribution is -2.47. The fourth-order valence-corrected chi connectivity index (χ4v) is 2.99. The number of anilines is 3. The maximum absolute atomic E-state index is 9.02. The zero-order valence-electron chi connectivity index (χ0n) is 10.9. The van der Waals surface area contributed by atoms with Crippen molar-refractivity contribution in [3.05, 3.63) is 29.4 Å². The van der Waals surface area contributed by atoms with Crippen LogP contribution in [0.15, 0.2) is 23.8 Å². The average molecular weight is 286 g/mol. The van der Waals surface area contributed by atoms with Crippen molar-refractivity contribution in [1.29, 1.82) is 5.26 Å². The van der Waals surface area contributed by atoms with Crippen LogP contribution in [0.25, 0.3) is 0 Å². The van der Waals surface area contributed by atoms with Gasteiger partial charge in [0.1, 0.15) is 6.07 Å². The molecule has 2 N–H and O–H groups in total. The largest absolute Gasteiger partial charge is 0.395 e. The van der Waals surface area contributed by atoms with Gasteiger partial charge in [0.05, 0.1) is 11.3 Å². The highest BCUT2D eigenvalue weighted by Gasteiger charge is 2.21. The van der Waals surface area contributed by atoms with Gasteiger partial charge >= 0.3 is 0 Å². The molecule has 102 valence electrons. The molecule has 0 radical (unpaired) electrons. The molecule has 0 spiro atoms. The Bertz CT molecular complexity index is 625. The molecule has 0 aromatic carbocycles. The zero-order chi connectivity index (χ0) is 13.9. The molecule has 2 aromatic rings. The number of rotatable bonds is 2. The number of nitrogens with zero attached hydrogens (tertiary/aromatic N) is 5. The number of nitriles is 1. The molecular formula is C13H14N6S. The van der Waals surface area contributed by atoms with Crippen LogP contribution in [0.4, 0.5) is 16.6 Å². The lowest BCUT2D eigenvalue weighted by Gasteiger charge is -2.35. The summed E-state index contributed by atoms with van der Waals surface area (Å²) in [6.45, 7) is 3.41. The van der Waals surface area contributed by atoms with Crippen molar-refractivity contribution in [2.45, 2.75) is 0 Å². The lowest BCUT2D eigenvalue weighted by atomic mass is 10.2. The van der Waals surface area contributed by atoms with Gasteiger partial charge in [-0.2, -0.15) is 5.26 Å². The summed E-state index contributed by atoms with van der Waals surface area (Å²) in [6.07, 6.45) is 3.46. The average Bonchev–Trinajstić information content (AvgIpc) is 3.02. The highest BCUT2D eigenvalue weighted by Crippen LogP contribution is 2.26. The van der Waals surface area contributed by atoms with E-state index in [4.69, 9.17) is 11.0 Å². The number of thiazole rings is 1. The third kappa shape index (κ3) is 2.26. The van der Waals surface area contributed by atoms with Crippen LogP contribution in [-0.2, 0) is 0 Å². The van der Waals surface area contributed by atoms with E-state index >= 15 is 0 Å². The summed E-state index contributed by atoms with van der Waals surface area (Å²) in [5, 5.41) is 12.1. The summed E-state index contributed by atoms with van der Waals surface area (Å²) in [5.74, 6) is 0.711. The second kappa shape index (κ2) is 5.35. The third-order valence-corrected chi connectivity index (χ3v) is 4.19. The Morgan fingerprint density at radius 2 is 1.90 bits per heavy atom. The van der Waals surface area contributed by atoms with Crippen molar-refractivity contribution in [3.8, 4) is 6.07 Å². The molecule has 1 aliphatic rings. The standard InChI is InChI=1S/C13H14N6S/c14-9-10-1-2-16-12(11(10)15)18-4-6-19(7-5-18)13-17-3-8-20-13/h1-3,8H,4-7,15H2. The van der Waals surface area contributed by atoms with E-state index in [2.05, 4.69) is 25.8 Å². The van der Waals surface area contributed by atoms with Gasteiger partial charge in [0.25, 0.3) is 0 Å². The summed E-state index contributed by atoms with van der Waals surface area (Å²) >= 11 is 1.65. The number of hydrogen-bond acceptors (Lipinski definition) is 7. The maximum atomic E-state index is 9.02. The van der Waals surface area contributed by atoms with Crippen LogP contribution < -0.4 is 15.5 Å². The molecule has 0 bridgehead atoms. The van der Waals surface area contributed by atoms with Crippen molar-refractivity contribution in [3.63, 3.8) is 0 Å². The number of nitrogens with two attached hydrogens (primary N) is 1. The Balaban J connectivity index is 1.74. The molecule has 1 saturated heterocycles. The first-order valence-electron chi connectivity index (χ1n) is 6.33. The van der Waals surface area contributed by atoms with Crippen molar-refractivity contribution in [1.82, 2.24) is 9.97 Å². The minimum Gasteiger partial charge on any atom is -0.395 e. The highest BCUT2D eigenvalue weighted by atomic mass is 32.1. The van der Waals surface area contributed by atoms with Gasteiger partial charge in [-0.15, -0.1) is 11.3 Å². The number of nitrogen functional groups attached to an aromatic ring is 1. The molecule has 0 atom stereocenters. The first-order chi connectivity index (χ1) is 9.79. The normalized spacial score (nSPS) is 15.2. The molecule has 3 heterocycles. The summed E-state index contributed by atoms with van der Waals surface area (Å²) in [5.41, 5.74) is 6.96. The minimum absolute atomic E-state index is 0.470. The Morgan fingerprint density at radius 1 is 1.15 bits per heavy atom. The van der Waals surface area contributed by atoms with Crippen LogP contribution in [0.1, 0.15) is 5.56 Å². The number of pyridine rings is 1. The van der Waals surface area contributed by atoms with Gasteiger partial charge in [-0.3, -0.25) is 0 Å². The van der Waals surface area contributed by atoms with E-state index in [-0.39, 0.29) is 0 Å².